The van der Waals surface area contributed by atoms with Gasteiger partial charge in [0, 0.05) is 32.7 Å². The van der Waals surface area contributed by atoms with Crippen LogP contribution in [0, 0.1) is 5.92 Å². The molecule has 1 rings (SSSR count). The lowest BCUT2D eigenvalue weighted by Gasteiger charge is -2.21. The quantitative estimate of drug-likeness (QED) is 0.353. The Morgan fingerprint density at radius 2 is 2.25 bits per heavy atom. The number of ether oxygens (including phenoxy) is 1. The molecule has 1 aliphatic heterocycles. The number of aliphatic imine (C=N–C) groups is 1. The van der Waals surface area contributed by atoms with Crippen molar-refractivity contribution < 1.29 is 13.2 Å². The summed E-state index contributed by atoms with van der Waals surface area (Å²) >= 11 is 0. The second-order valence-corrected chi connectivity index (χ2v) is 6.39. The van der Waals surface area contributed by atoms with Gasteiger partial charge in [0.1, 0.15) is 0 Å². The minimum absolute atomic E-state index is 0. The predicted octanol–water partition coefficient (Wildman–Crippen LogP) is -0.173. The molecule has 3 N–H and O–H groups in total. The Labute approximate surface area is 138 Å². The van der Waals surface area contributed by atoms with Gasteiger partial charge >= 0.3 is 0 Å². The molecule has 7 nitrogen and oxygen atoms in total. The molecule has 9 heteroatoms. The Hall–Kier alpha value is -0.130. The summed E-state index contributed by atoms with van der Waals surface area (Å²) in [5, 5.41) is 8.14. The lowest BCUT2D eigenvalue weighted by molar-refractivity contribution is 0.157. The summed E-state index contributed by atoms with van der Waals surface area (Å²) in [6.45, 7) is 5.46. The third-order valence-electron chi connectivity index (χ3n) is 2.96. The van der Waals surface area contributed by atoms with Crippen molar-refractivity contribution in [1.82, 2.24) is 10.2 Å². The number of nitrogens with zero attached hydrogens (tertiary/aromatic N) is 2. The second kappa shape index (κ2) is 9.74. The molecule has 0 aromatic heterocycles. The molecule has 1 fully saturated rings. The summed E-state index contributed by atoms with van der Waals surface area (Å²) in [6, 6.07) is 0. The van der Waals surface area contributed by atoms with Crippen LogP contribution in [0.2, 0.25) is 0 Å². The first-order chi connectivity index (χ1) is 8.96. The maximum absolute atomic E-state index is 10.9. The van der Waals surface area contributed by atoms with Crippen molar-refractivity contribution >= 4 is 40.0 Å². The summed E-state index contributed by atoms with van der Waals surface area (Å²) in [5.74, 6) is 1.13. The molecule has 120 valence electrons. The molecule has 0 spiro atoms. The monoisotopic (exact) mass is 420 g/mol. The summed E-state index contributed by atoms with van der Waals surface area (Å²) in [5.41, 5.74) is 0. The fraction of sp³-hybridized carbons (Fsp3) is 0.909. The van der Waals surface area contributed by atoms with Crippen LogP contribution in [0.25, 0.3) is 0 Å². The molecule has 0 radical (unpaired) electrons. The van der Waals surface area contributed by atoms with E-state index in [9.17, 15) is 8.42 Å². The number of sulfonamides is 1. The molecule has 0 aliphatic carbocycles. The highest BCUT2D eigenvalue weighted by molar-refractivity contribution is 14.0. The van der Waals surface area contributed by atoms with Gasteiger partial charge < -0.3 is 15.0 Å². The summed E-state index contributed by atoms with van der Waals surface area (Å²) in [4.78, 5) is 6.44. The number of rotatable bonds is 6. The molecule has 1 saturated heterocycles. The molecular weight excluding hydrogens is 395 g/mol. The van der Waals surface area contributed by atoms with Crippen molar-refractivity contribution in [2.75, 3.05) is 45.6 Å². The van der Waals surface area contributed by atoms with Crippen molar-refractivity contribution in [2.24, 2.45) is 16.0 Å². The SMILES string of the molecule is CCNC(=NCCS(N)(=O)=O)N1CCC(COC)C1.I. The predicted molar refractivity (Wildman–Crippen MR) is 90.9 cm³/mol. The molecule has 1 unspecified atom stereocenters. The molecule has 0 bridgehead atoms. The van der Waals surface area contributed by atoms with Gasteiger partial charge in [-0.05, 0) is 13.3 Å². The zero-order valence-corrected chi connectivity index (χ0v) is 15.2. The van der Waals surface area contributed by atoms with Gasteiger partial charge in [-0.3, -0.25) is 4.99 Å². The zero-order chi connectivity index (χ0) is 14.3. The van der Waals surface area contributed by atoms with Crippen molar-refractivity contribution in [3.8, 4) is 0 Å². The topological polar surface area (TPSA) is 97.0 Å². The first kappa shape index (κ1) is 19.9. The Morgan fingerprint density at radius 3 is 2.80 bits per heavy atom. The zero-order valence-electron chi connectivity index (χ0n) is 12.0. The van der Waals surface area contributed by atoms with Gasteiger partial charge in [-0.2, -0.15) is 0 Å². The van der Waals surface area contributed by atoms with Crippen LogP contribution in [0.1, 0.15) is 13.3 Å². The average Bonchev–Trinajstić information content (AvgIpc) is 2.75. The number of likely N-dealkylation sites (tertiary alicyclic amines) is 1. The van der Waals surface area contributed by atoms with Gasteiger partial charge in [0.05, 0.1) is 18.9 Å². The van der Waals surface area contributed by atoms with Crippen LogP contribution in [-0.2, 0) is 14.8 Å². The standard InChI is InChI=1S/C11H24N4O3S.HI/c1-3-13-11(14-5-7-19(12,16)17)15-6-4-10(8-15)9-18-2;/h10H,3-9H2,1-2H3,(H,13,14)(H2,12,16,17);1H. The van der Waals surface area contributed by atoms with Crippen LogP contribution in [0.4, 0.5) is 0 Å². The Kier molecular flexibility index (Phi) is 9.68. The molecule has 0 aromatic carbocycles. The Bertz CT molecular complexity index is 402. The minimum Gasteiger partial charge on any atom is -0.384 e. The smallest absolute Gasteiger partial charge is 0.210 e. The molecule has 0 saturated carbocycles. The second-order valence-electron chi connectivity index (χ2n) is 4.66. The minimum atomic E-state index is -3.45. The molecule has 20 heavy (non-hydrogen) atoms. The van der Waals surface area contributed by atoms with Crippen molar-refractivity contribution in [1.29, 1.82) is 0 Å². The van der Waals surface area contributed by atoms with Crippen LogP contribution < -0.4 is 10.5 Å². The van der Waals surface area contributed by atoms with Crippen LogP contribution in [0.3, 0.4) is 0 Å². The van der Waals surface area contributed by atoms with Crippen molar-refractivity contribution in [3.05, 3.63) is 0 Å². The summed E-state index contributed by atoms with van der Waals surface area (Å²) < 4.78 is 26.9. The highest BCUT2D eigenvalue weighted by Crippen LogP contribution is 2.16. The van der Waals surface area contributed by atoms with E-state index in [1.165, 1.54) is 0 Å². The number of hydrogen-bond donors (Lipinski definition) is 2. The summed E-state index contributed by atoms with van der Waals surface area (Å²) in [6.07, 6.45) is 1.06. The number of methoxy groups -OCH3 is 1. The van der Waals surface area contributed by atoms with E-state index in [1.54, 1.807) is 7.11 Å². The molecule has 1 heterocycles. The molecule has 1 aliphatic rings. The lowest BCUT2D eigenvalue weighted by atomic mass is 10.1. The van der Waals surface area contributed by atoms with E-state index in [1.807, 2.05) is 6.92 Å². The van der Waals surface area contributed by atoms with E-state index >= 15 is 0 Å². The van der Waals surface area contributed by atoms with Gasteiger partial charge in [-0.1, -0.05) is 0 Å². The number of nitrogens with two attached hydrogens (primary N) is 1. The number of guanidine groups is 1. The van der Waals surface area contributed by atoms with E-state index in [0.29, 0.717) is 5.92 Å². The lowest BCUT2D eigenvalue weighted by Crippen LogP contribution is -2.40. The highest BCUT2D eigenvalue weighted by atomic mass is 127. The molecular formula is C11H25IN4O3S. The normalized spacial score (nSPS) is 19.9. The van der Waals surface area contributed by atoms with Gasteiger partial charge in [0.15, 0.2) is 5.96 Å². The molecule has 0 aromatic rings. The van der Waals surface area contributed by atoms with Gasteiger partial charge in [-0.15, -0.1) is 24.0 Å². The van der Waals surface area contributed by atoms with E-state index in [0.717, 1.165) is 38.6 Å². The highest BCUT2D eigenvalue weighted by Gasteiger charge is 2.24. The molecule has 0 amide bonds. The van der Waals surface area contributed by atoms with Crippen LogP contribution in [-0.4, -0.2) is 64.9 Å². The van der Waals surface area contributed by atoms with Gasteiger partial charge in [0.25, 0.3) is 0 Å². The maximum Gasteiger partial charge on any atom is 0.210 e. The van der Waals surface area contributed by atoms with Crippen LogP contribution in [0.5, 0.6) is 0 Å². The average molecular weight is 420 g/mol. The van der Waals surface area contributed by atoms with E-state index < -0.39 is 10.0 Å². The Balaban J connectivity index is 0.00000361. The van der Waals surface area contributed by atoms with Gasteiger partial charge in [-0.25, -0.2) is 13.6 Å². The third-order valence-corrected chi connectivity index (χ3v) is 3.71. The van der Waals surface area contributed by atoms with E-state index in [2.05, 4.69) is 15.2 Å². The fourth-order valence-corrected chi connectivity index (χ4v) is 2.45. The summed E-state index contributed by atoms with van der Waals surface area (Å²) in [7, 11) is -1.75. The number of hydrogen-bond acceptors (Lipinski definition) is 4. The van der Waals surface area contributed by atoms with Crippen LogP contribution in [0.15, 0.2) is 4.99 Å². The molecule has 1 atom stereocenters. The van der Waals surface area contributed by atoms with Crippen molar-refractivity contribution in [3.63, 3.8) is 0 Å². The third kappa shape index (κ3) is 7.60. The first-order valence-electron chi connectivity index (χ1n) is 6.49. The maximum atomic E-state index is 10.9. The van der Waals surface area contributed by atoms with Crippen molar-refractivity contribution in [2.45, 2.75) is 13.3 Å². The number of primary sulfonamides is 1. The van der Waals surface area contributed by atoms with E-state index in [-0.39, 0.29) is 36.3 Å². The van der Waals surface area contributed by atoms with Crippen LogP contribution >= 0.6 is 24.0 Å². The Morgan fingerprint density at radius 1 is 1.55 bits per heavy atom. The van der Waals surface area contributed by atoms with Gasteiger partial charge in [0.2, 0.25) is 10.0 Å². The first-order valence-corrected chi connectivity index (χ1v) is 8.20. The number of halogens is 1. The van der Waals surface area contributed by atoms with E-state index in [4.69, 9.17) is 9.88 Å². The fourth-order valence-electron chi connectivity index (χ4n) is 2.10. The largest absolute Gasteiger partial charge is 0.384 e. The number of nitrogens with one attached hydrogen (secondary N) is 1.